The highest BCUT2D eigenvalue weighted by atomic mass is 35.5. The fourth-order valence-electron chi connectivity index (χ4n) is 1.87. The first-order chi connectivity index (χ1) is 12.0. The minimum atomic E-state index is -0.456. The Hall–Kier alpha value is -2.64. The second-order valence-electron chi connectivity index (χ2n) is 5.01. The van der Waals surface area contributed by atoms with Crippen molar-refractivity contribution < 1.29 is 14.3 Å². The van der Waals surface area contributed by atoms with Crippen molar-refractivity contribution in [2.24, 2.45) is 0 Å². The molecule has 8 heteroatoms. The Morgan fingerprint density at radius 3 is 2.44 bits per heavy atom. The molecule has 0 unspecified atom stereocenters. The number of amides is 2. The predicted octanol–water partition coefficient (Wildman–Crippen LogP) is 2.36. The van der Waals surface area contributed by atoms with E-state index in [2.05, 4.69) is 16.2 Å². The van der Waals surface area contributed by atoms with Gasteiger partial charge in [0.15, 0.2) is 11.7 Å². The Bertz CT molecular complexity index is 781. The highest BCUT2D eigenvalue weighted by Gasteiger charge is 2.10. The Kier molecular flexibility index (Phi) is 6.73. The average Bonchev–Trinajstić information content (AvgIpc) is 2.59. The van der Waals surface area contributed by atoms with E-state index in [1.54, 1.807) is 36.4 Å². The molecule has 130 valence electrons. The topological polar surface area (TPSA) is 79.5 Å². The van der Waals surface area contributed by atoms with E-state index in [1.165, 1.54) is 0 Å². The maximum atomic E-state index is 12.1. The second kappa shape index (κ2) is 9.00. The van der Waals surface area contributed by atoms with Gasteiger partial charge in [-0.15, -0.1) is 0 Å². The number of carbonyl (C=O) groups is 2. The van der Waals surface area contributed by atoms with Crippen LogP contribution in [0, 0.1) is 6.92 Å². The maximum Gasteiger partial charge on any atom is 0.276 e. The lowest BCUT2D eigenvalue weighted by Gasteiger charge is -2.12. The molecule has 2 aromatic rings. The van der Waals surface area contributed by atoms with E-state index in [0.29, 0.717) is 16.3 Å². The predicted molar refractivity (Wildman–Crippen MR) is 99.5 cm³/mol. The van der Waals surface area contributed by atoms with E-state index >= 15 is 0 Å². The van der Waals surface area contributed by atoms with Crippen molar-refractivity contribution in [2.75, 3.05) is 6.61 Å². The van der Waals surface area contributed by atoms with Crippen LogP contribution in [0.4, 0.5) is 0 Å². The van der Waals surface area contributed by atoms with Crippen LogP contribution in [0.1, 0.15) is 15.9 Å². The van der Waals surface area contributed by atoms with Crippen LogP contribution in [0.2, 0.25) is 5.02 Å². The summed E-state index contributed by atoms with van der Waals surface area (Å²) in [6.07, 6.45) is 0. The molecule has 0 saturated carbocycles. The molecule has 6 nitrogen and oxygen atoms in total. The summed E-state index contributed by atoms with van der Waals surface area (Å²) in [4.78, 5) is 23.8. The molecule has 0 spiro atoms. The highest BCUT2D eigenvalue weighted by molar-refractivity contribution is 7.80. The molecular formula is C17H16ClN3O3S. The number of ether oxygens (including phenoxy) is 1. The average molecular weight is 378 g/mol. The molecule has 25 heavy (non-hydrogen) atoms. The van der Waals surface area contributed by atoms with Crippen molar-refractivity contribution in [1.29, 1.82) is 0 Å². The lowest BCUT2D eigenvalue weighted by Crippen LogP contribution is -2.49. The van der Waals surface area contributed by atoms with Crippen LogP contribution in [0.25, 0.3) is 0 Å². The number of thiocarbonyl (C=S) groups is 1. The van der Waals surface area contributed by atoms with Crippen LogP contribution in [0.5, 0.6) is 5.75 Å². The smallest absolute Gasteiger partial charge is 0.276 e. The van der Waals surface area contributed by atoms with Crippen LogP contribution < -0.4 is 20.9 Å². The summed E-state index contributed by atoms with van der Waals surface area (Å²) in [5.74, 6) is -0.306. The van der Waals surface area contributed by atoms with Gasteiger partial charge in [0, 0.05) is 10.6 Å². The fraction of sp³-hybridized carbons (Fsp3) is 0.118. The van der Waals surface area contributed by atoms with Crippen molar-refractivity contribution >= 4 is 40.7 Å². The Balaban J connectivity index is 1.74. The van der Waals surface area contributed by atoms with E-state index < -0.39 is 5.91 Å². The molecule has 0 aliphatic rings. The summed E-state index contributed by atoms with van der Waals surface area (Å²) in [7, 11) is 0. The summed E-state index contributed by atoms with van der Waals surface area (Å²) in [6, 6.07) is 13.7. The van der Waals surface area contributed by atoms with Crippen molar-refractivity contribution in [3.63, 3.8) is 0 Å². The number of halogens is 1. The number of hydrazine groups is 1. The zero-order chi connectivity index (χ0) is 18.2. The molecule has 2 aromatic carbocycles. The molecule has 0 aliphatic carbocycles. The summed E-state index contributed by atoms with van der Waals surface area (Å²) in [5.41, 5.74) is 6.11. The number of benzene rings is 2. The van der Waals surface area contributed by atoms with Crippen LogP contribution in [0.3, 0.4) is 0 Å². The third-order valence-electron chi connectivity index (χ3n) is 3.12. The van der Waals surface area contributed by atoms with Crippen molar-refractivity contribution in [2.45, 2.75) is 6.92 Å². The lowest BCUT2D eigenvalue weighted by atomic mass is 10.1. The van der Waals surface area contributed by atoms with Crippen LogP contribution in [-0.4, -0.2) is 23.5 Å². The summed E-state index contributed by atoms with van der Waals surface area (Å²) in [5, 5.41) is 3.04. The van der Waals surface area contributed by atoms with Crippen molar-refractivity contribution in [1.82, 2.24) is 16.2 Å². The van der Waals surface area contributed by atoms with Crippen molar-refractivity contribution in [3.8, 4) is 5.75 Å². The van der Waals surface area contributed by atoms with E-state index in [0.717, 1.165) is 5.56 Å². The molecule has 0 saturated heterocycles. The molecule has 2 amide bonds. The van der Waals surface area contributed by atoms with Crippen LogP contribution >= 0.6 is 23.8 Å². The largest absolute Gasteiger partial charge is 0.484 e. The Morgan fingerprint density at radius 1 is 1.08 bits per heavy atom. The first-order valence-corrected chi connectivity index (χ1v) is 8.08. The molecule has 2 rings (SSSR count). The van der Waals surface area contributed by atoms with Gasteiger partial charge in [-0.25, -0.2) is 0 Å². The second-order valence-corrected chi connectivity index (χ2v) is 5.86. The molecule has 0 fully saturated rings. The monoisotopic (exact) mass is 377 g/mol. The minimum Gasteiger partial charge on any atom is -0.484 e. The molecular weight excluding hydrogens is 362 g/mol. The number of nitrogens with one attached hydrogen (secondary N) is 3. The van der Waals surface area contributed by atoms with Gasteiger partial charge in [0.1, 0.15) is 5.75 Å². The van der Waals surface area contributed by atoms with E-state index in [4.69, 9.17) is 28.6 Å². The molecule has 0 atom stereocenters. The molecule has 0 bridgehead atoms. The fourth-order valence-corrected chi connectivity index (χ4v) is 2.14. The van der Waals surface area contributed by atoms with E-state index in [9.17, 15) is 9.59 Å². The minimum absolute atomic E-state index is 0.0203. The zero-order valence-corrected chi connectivity index (χ0v) is 14.9. The van der Waals surface area contributed by atoms with Gasteiger partial charge in [-0.05, 0) is 55.0 Å². The summed E-state index contributed by atoms with van der Waals surface area (Å²) < 4.78 is 5.28. The SMILES string of the molecule is Cc1ccccc1C(=O)NC(=S)NNC(=O)COc1ccc(Cl)cc1. The number of rotatable bonds is 4. The summed E-state index contributed by atoms with van der Waals surface area (Å²) >= 11 is 10.7. The van der Waals surface area contributed by atoms with E-state index in [1.807, 2.05) is 19.1 Å². The van der Waals surface area contributed by atoms with Gasteiger partial charge in [-0.2, -0.15) is 0 Å². The first-order valence-electron chi connectivity index (χ1n) is 7.30. The number of hydrogen-bond donors (Lipinski definition) is 3. The lowest BCUT2D eigenvalue weighted by molar-refractivity contribution is -0.123. The standard InChI is InChI=1S/C17H16ClN3O3S/c1-11-4-2-3-5-14(11)16(23)19-17(25)21-20-15(22)10-24-13-8-6-12(18)7-9-13/h2-9H,10H2,1H3,(H,20,22)(H2,19,21,23,25). The van der Waals surface area contributed by atoms with Gasteiger partial charge in [0.2, 0.25) is 0 Å². The molecule has 0 aromatic heterocycles. The quantitative estimate of drug-likeness (QED) is 0.563. The van der Waals surface area contributed by atoms with Gasteiger partial charge in [0.05, 0.1) is 0 Å². The molecule has 0 aliphatic heterocycles. The molecule has 0 heterocycles. The molecule has 0 radical (unpaired) electrons. The Labute approximate surface area is 155 Å². The summed E-state index contributed by atoms with van der Waals surface area (Å²) in [6.45, 7) is 1.60. The van der Waals surface area contributed by atoms with E-state index in [-0.39, 0.29) is 17.6 Å². The van der Waals surface area contributed by atoms with Crippen LogP contribution in [0.15, 0.2) is 48.5 Å². The normalized spacial score (nSPS) is 9.84. The third-order valence-corrected chi connectivity index (χ3v) is 3.57. The van der Waals surface area contributed by atoms with Gasteiger partial charge in [0.25, 0.3) is 11.8 Å². The van der Waals surface area contributed by atoms with Gasteiger partial charge in [-0.1, -0.05) is 29.8 Å². The van der Waals surface area contributed by atoms with Gasteiger partial charge >= 0.3 is 0 Å². The number of hydrogen-bond acceptors (Lipinski definition) is 4. The highest BCUT2D eigenvalue weighted by Crippen LogP contribution is 2.15. The number of aryl methyl sites for hydroxylation is 1. The van der Waals surface area contributed by atoms with Crippen molar-refractivity contribution in [3.05, 3.63) is 64.7 Å². The Morgan fingerprint density at radius 2 is 1.76 bits per heavy atom. The van der Waals surface area contributed by atoms with Gasteiger partial charge < -0.3 is 4.74 Å². The third kappa shape index (κ3) is 6.06. The first kappa shape index (κ1) is 18.7. The molecule has 3 N–H and O–H groups in total. The van der Waals surface area contributed by atoms with Gasteiger partial charge in [-0.3, -0.25) is 25.8 Å². The van der Waals surface area contributed by atoms with Crippen LogP contribution in [-0.2, 0) is 4.79 Å². The zero-order valence-electron chi connectivity index (χ0n) is 13.3. The number of carbonyl (C=O) groups excluding carboxylic acids is 2. The maximum absolute atomic E-state index is 12.1.